The van der Waals surface area contributed by atoms with Crippen LogP contribution in [0.4, 0.5) is 0 Å². The molecule has 2 fully saturated rings. The van der Waals surface area contributed by atoms with E-state index >= 15 is 0 Å². The summed E-state index contributed by atoms with van der Waals surface area (Å²) in [7, 11) is 0. The number of hydrogen-bond acceptors (Lipinski definition) is 3. The van der Waals surface area contributed by atoms with E-state index < -0.39 is 0 Å². The first kappa shape index (κ1) is 12.2. The van der Waals surface area contributed by atoms with Gasteiger partial charge in [-0.3, -0.25) is 10.1 Å². The molecule has 1 heterocycles. The average Bonchev–Trinajstić information content (AvgIpc) is 2.86. The molecule has 1 saturated heterocycles. The summed E-state index contributed by atoms with van der Waals surface area (Å²) in [5.74, 6) is 0.307. The molecule has 1 saturated carbocycles. The monoisotopic (exact) mass is 242 g/mol. The van der Waals surface area contributed by atoms with Crippen molar-refractivity contribution >= 4 is 17.7 Å². The molecule has 2 aliphatic rings. The summed E-state index contributed by atoms with van der Waals surface area (Å²) in [6.45, 7) is 4.85. The zero-order chi connectivity index (χ0) is 11.8. The van der Waals surface area contributed by atoms with Gasteiger partial charge in [0.15, 0.2) is 0 Å². The highest BCUT2D eigenvalue weighted by molar-refractivity contribution is 7.99. The van der Waals surface area contributed by atoms with Crippen LogP contribution in [0.25, 0.3) is 0 Å². The van der Waals surface area contributed by atoms with Gasteiger partial charge < -0.3 is 4.90 Å². The van der Waals surface area contributed by atoms with E-state index in [1.165, 1.54) is 19.3 Å². The van der Waals surface area contributed by atoms with E-state index in [0.717, 1.165) is 18.3 Å². The number of carbonyl (C=O) groups is 1. The molecule has 16 heavy (non-hydrogen) atoms. The minimum atomic E-state index is -0.308. The molecule has 3 atom stereocenters. The van der Waals surface area contributed by atoms with E-state index in [0.29, 0.717) is 11.9 Å². The molecule has 92 valence electrons. The molecule has 0 spiro atoms. The Morgan fingerprint density at radius 3 is 2.81 bits per heavy atom. The van der Waals surface area contributed by atoms with Crippen molar-refractivity contribution in [2.24, 2.45) is 0 Å². The van der Waals surface area contributed by atoms with Crippen LogP contribution in [0.15, 0.2) is 0 Å². The zero-order valence-electron chi connectivity index (χ0n) is 10.5. The first-order chi connectivity index (χ1) is 7.60. The first-order valence-electron chi connectivity index (χ1n) is 6.19. The Morgan fingerprint density at radius 1 is 1.56 bits per heavy atom. The molecular weight excluding hydrogens is 220 g/mol. The Bertz CT molecular complexity index is 284. The van der Waals surface area contributed by atoms with Crippen LogP contribution in [0.5, 0.6) is 0 Å². The van der Waals surface area contributed by atoms with Crippen LogP contribution in [0.2, 0.25) is 0 Å². The van der Waals surface area contributed by atoms with Gasteiger partial charge >= 0.3 is 0 Å². The predicted molar refractivity (Wildman–Crippen MR) is 68.5 cm³/mol. The predicted octanol–water partition coefficient (Wildman–Crippen LogP) is 1.83. The van der Waals surface area contributed by atoms with Gasteiger partial charge in [-0.15, -0.1) is 0 Å². The van der Waals surface area contributed by atoms with Gasteiger partial charge in [0.1, 0.15) is 0 Å². The van der Waals surface area contributed by atoms with Gasteiger partial charge in [0, 0.05) is 11.3 Å². The van der Waals surface area contributed by atoms with Crippen LogP contribution in [0.1, 0.15) is 39.5 Å². The molecule has 3 unspecified atom stereocenters. The van der Waals surface area contributed by atoms with Crippen LogP contribution >= 0.6 is 11.8 Å². The van der Waals surface area contributed by atoms with Gasteiger partial charge in [-0.1, -0.05) is 6.92 Å². The number of amides is 1. The highest BCUT2D eigenvalue weighted by Crippen LogP contribution is 2.34. The molecule has 1 aliphatic heterocycles. The Labute approximate surface area is 102 Å². The van der Waals surface area contributed by atoms with Crippen LogP contribution in [0, 0.1) is 0 Å². The average molecular weight is 242 g/mol. The smallest absolute Gasteiger partial charge is 0.243 e. The Kier molecular flexibility index (Phi) is 3.50. The lowest BCUT2D eigenvalue weighted by Gasteiger charge is -2.25. The molecule has 0 bridgehead atoms. The van der Waals surface area contributed by atoms with Crippen molar-refractivity contribution in [3.63, 3.8) is 0 Å². The second kappa shape index (κ2) is 4.57. The lowest BCUT2D eigenvalue weighted by molar-refractivity contribution is -0.133. The van der Waals surface area contributed by atoms with Crippen molar-refractivity contribution in [3.05, 3.63) is 0 Å². The van der Waals surface area contributed by atoms with Crippen LogP contribution in [-0.2, 0) is 4.79 Å². The SMILES string of the molecule is CCC1(C)NCN(C2CCC(SC)C2)C1=O. The minimum absolute atomic E-state index is 0.307. The first-order valence-corrected chi connectivity index (χ1v) is 7.48. The third kappa shape index (κ3) is 1.97. The number of nitrogens with one attached hydrogen (secondary N) is 1. The van der Waals surface area contributed by atoms with Crippen LogP contribution < -0.4 is 5.32 Å². The maximum absolute atomic E-state index is 12.3. The van der Waals surface area contributed by atoms with Crippen molar-refractivity contribution in [2.45, 2.75) is 56.4 Å². The van der Waals surface area contributed by atoms with Crippen molar-refractivity contribution in [1.29, 1.82) is 0 Å². The fourth-order valence-electron chi connectivity index (χ4n) is 2.71. The van der Waals surface area contributed by atoms with Gasteiger partial charge in [0.05, 0.1) is 12.2 Å². The quantitative estimate of drug-likeness (QED) is 0.819. The minimum Gasteiger partial charge on any atom is -0.325 e. The van der Waals surface area contributed by atoms with E-state index in [1.54, 1.807) is 0 Å². The zero-order valence-corrected chi connectivity index (χ0v) is 11.3. The van der Waals surface area contributed by atoms with E-state index in [1.807, 2.05) is 18.7 Å². The summed E-state index contributed by atoms with van der Waals surface area (Å²) in [5.41, 5.74) is -0.308. The summed E-state index contributed by atoms with van der Waals surface area (Å²) in [6.07, 6.45) is 6.67. The largest absolute Gasteiger partial charge is 0.325 e. The summed E-state index contributed by atoms with van der Waals surface area (Å²) in [4.78, 5) is 14.4. The molecule has 1 N–H and O–H groups in total. The molecular formula is C12H22N2OS. The standard InChI is InChI=1S/C12H22N2OS/c1-4-12(2)11(15)14(8-13-12)9-5-6-10(7-9)16-3/h9-10,13H,4-8H2,1-3H3. The van der Waals surface area contributed by atoms with Crippen molar-refractivity contribution in [3.8, 4) is 0 Å². The Morgan fingerprint density at radius 2 is 2.31 bits per heavy atom. The summed E-state index contributed by atoms with van der Waals surface area (Å²) < 4.78 is 0. The van der Waals surface area contributed by atoms with E-state index in [-0.39, 0.29) is 5.54 Å². The molecule has 2 rings (SSSR count). The highest BCUT2D eigenvalue weighted by atomic mass is 32.2. The van der Waals surface area contributed by atoms with Gasteiger partial charge in [0.25, 0.3) is 0 Å². The maximum atomic E-state index is 12.3. The van der Waals surface area contributed by atoms with Crippen molar-refractivity contribution in [2.75, 3.05) is 12.9 Å². The molecule has 4 heteroatoms. The molecule has 3 nitrogen and oxygen atoms in total. The normalized spacial score (nSPS) is 39.7. The third-order valence-corrected chi connectivity index (χ3v) is 5.31. The lowest BCUT2D eigenvalue weighted by atomic mass is 9.99. The Balaban J connectivity index is 2.00. The van der Waals surface area contributed by atoms with Gasteiger partial charge in [0.2, 0.25) is 5.91 Å². The van der Waals surface area contributed by atoms with Crippen LogP contribution in [0.3, 0.4) is 0 Å². The number of carbonyl (C=O) groups excluding carboxylic acids is 1. The summed E-state index contributed by atoms with van der Waals surface area (Å²) >= 11 is 1.94. The van der Waals surface area contributed by atoms with E-state index in [4.69, 9.17) is 0 Å². The topological polar surface area (TPSA) is 32.3 Å². The highest BCUT2D eigenvalue weighted by Gasteiger charge is 2.44. The Hall–Kier alpha value is -0.220. The van der Waals surface area contributed by atoms with Crippen molar-refractivity contribution < 1.29 is 4.79 Å². The lowest BCUT2D eigenvalue weighted by Crippen LogP contribution is -2.44. The molecule has 0 aromatic rings. The molecule has 0 aromatic carbocycles. The molecule has 1 aliphatic carbocycles. The van der Waals surface area contributed by atoms with Gasteiger partial charge in [-0.05, 0) is 38.9 Å². The van der Waals surface area contributed by atoms with Gasteiger partial charge in [-0.2, -0.15) is 11.8 Å². The fraction of sp³-hybridized carbons (Fsp3) is 0.917. The van der Waals surface area contributed by atoms with E-state index in [2.05, 4.69) is 23.4 Å². The molecule has 0 aromatic heterocycles. The fourth-order valence-corrected chi connectivity index (χ4v) is 3.50. The number of rotatable bonds is 3. The summed E-state index contributed by atoms with van der Waals surface area (Å²) in [5, 5.41) is 4.12. The van der Waals surface area contributed by atoms with Crippen LogP contribution in [-0.4, -0.2) is 40.6 Å². The maximum Gasteiger partial charge on any atom is 0.243 e. The summed E-state index contributed by atoms with van der Waals surface area (Å²) in [6, 6.07) is 0.478. The number of thioether (sulfide) groups is 1. The molecule has 1 amide bonds. The number of nitrogens with zero attached hydrogens (tertiary/aromatic N) is 1. The van der Waals surface area contributed by atoms with E-state index in [9.17, 15) is 4.79 Å². The van der Waals surface area contributed by atoms with Crippen molar-refractivity contribution in [1.82, 2.24) is 10.2 Å². The number of hydrogen-bond donors (Lipinski definition) is 1. The second-order valence-corrected chi connectivity index (χ2v) is 6.26. The molecule has 0 radical (unpaired) electrons. The second-order valence-electron chi connectivity index (χ2n) is 5.12. The third-order valence-electron chi connectivity index (χ3n) is 4.21. The van der Waals surface area contributed by atoms with Gasteiger partial charge in [-0.25, -0.2) is 0 Å².